The first kappa shape index (κ1) is 13.4. The Morgan fingerprint density at radius 2 is 1.14 bits per heavy atom. The van der Waals surface area contributed by atoms with Crippen molar-refractivity contribution in [2.75, 3.05) is 0 Å². The van der Waals surface area contributed by atoms with Gasteiger partial charge < -0.3 is 0 Å². The van der Waals surface area contributed by atoms with Gasteiger partial charge in [0.1, 0.15) is 0 Å². The highest BCUT2D eigenvalue weighted by Gasteiger charge is 2.64. The van der Waals surface area contributed by atoms with E-state index in [4.69, 9.17) is 0 Å². The second kappa shape index (κ2) is 3.54. The standard InChI is InChI=1S/C4HBF9/c6-1(7)2(8,9)5-3(10,11)4(12,13)14/h1H. The number of hydrogen-bond donors (Lipinski definition) is 0. The Labute approximate surface area is 72.3 Å². The van der Waals surface area contributed by atoms with Crippen LogP contribution in [0.4, 0.5) is 39.5 Å². The molecule has 14 heavy (non-hydrogen) atoms. The monoisotopic (exact) mass is 231 g/mol. The molecule has 0 unspecified atom stereocenters. The van der Waals surface area contributed by atoms with Crippen LogP contribution in [-0.4, -0.2) is 31.5 Å². The zero-order valence-corrected chi connectivity index (χ0v) is 6.06. The Morgan fingerprint density at radius 1 is 0.786 bits per heavy atom. The first-order valence-corrected chi connectivity index (χ1v) is 2.88. The number of rotatable bonds is 3. The lowest BCUT2D eigenvalue weighted by Crippen LogP contribution is -2.52. The van der Waals surface area contributed by atoms with E-state index in [9.17, 15) is 39.5 Å². The number of hydrogen-bond acceptors (Lipinski definition) is 0. The van der Waals surface area contributed by atoms with Crippen molar-refractivity contribution in [1.29, 1.82) is 0 Å². The van der Waals surface area contributed by atoms with Gasteiger partial charge in [-0.05, 0) is 0 Å². The zero-order valence-electron chi connectivity index (χ0n) is 6.06. The molecule has 83 valence electrons. The van der Waals surface area contributed by atoms with Crippen LogP contribution in [0.3, 0.4) is 0 Å². The van der Waals surface area contributed by atoms with Gasteiger partial charge in [0, 0.05) is 0 Å². The van der Waals surface area contributed by atoms with Gasteiger partial charge in [-0.25, -0.2) is 26.3 Å². The van der Waals surface area contributed by atoms with Gasteiger partial charge in [-0.15, -0.1) is 0 Å². The quantitative estimate of drug-likeness (QED) is 0.517. The van der Waals surface area contributed by atoms with Crippen LogP contribution >= 0.6 is 0 Å². The van der Waals surface area contributed by atoms with Crippen LogP contribution in [0.25, 0.3) is 0 Å². The van der Waals surface area contributed by atoms with Crippen LogP contribution in [-0.2, 0) is 0 Å². The highest BCUT2D eigenvalue weighted by molar-refractivity contribution is 6.42. The zero-order chi connectivity index (χ0) is 11.8. The number of alkyl halides is 9. The van der Waals surface area contributed by atoms with Gasteiger partial charge in [-0.3, -0.25) is 0 Å². The molecule has 0 heterocycles. The van der Waals surface area contributed by atoms with Crippen molar-refractivity contribution >= 4 is 7.28 Å². The lowest BCUT2D eigenvalue weighted by atomic mass is 9.63. The summed E-state index contributed by atoms with van der Waals surface area (Å²) in [6.07, 6.45) is -10.9. The molecule has 0 bridgehead atoms. The summed E-state index contributed by atoms with van der Waals surface area (Å²) in [5.74, 6) is -11.4. The lowest BCUT2D eigenvalue weighted by molar-refractivity contribution is -0.248. The molecule has 0 aliphatic rings. The van der Waals surface area contributed by atoms with Crippen LogP contribution < -0.4 is 0 Å². The molecule has 0 rings (SSSR count). The SMILES string of the molecule is FC(F)C(F)(F)[B]C(F)(F)C(F)(F)F. The average Bonchev–Trinajstić information content (AvgIpc) is 1.80. The molecule has 0 amide bonds. The van der Waals surface area contributed by atoms with Crippen molar-refractivity contribution in [3.8, 4) is 0 Å². The van der Waals surface area contributed by atoms with E-state index in [-0.39, 0.29) is 0 Å². The smallest absolute Gasteiger partial charge is 0.212 e. The second-order valence-corrected chi connectivity index (χ2v) is 2.24. The summed E-state index contributed by atoms with van der Waals surface area (Å²) < 4.78 is 103. The summed E-state index contributed by atoms with van der Waals surface area (Å²) in [7, 11) is -2.01. The van der Waals surface area contributed by atoms with Gasteiger partial charge in [0.15, 0.2) is 0 Å². The van der Waals surface area contributed by atoms with E-state index in [0.29, 0.717) is 0 Å². The minimum Gasteiger partial charge on any atom is -0.212 e. The normalized spacial score (nSPS) is 14.7. The van der Waals surface area contributed by atoms with E-state index >= 15 is 0 Å². The predicted molar refractivity (Wildman–Crippen MR) is 27.7 cm³/mol. The van der Waals surface area contributed by atoms with E-state index in [1.54, 1.807) is 0 Å². The summed E-state index contributed by atoms with van der Waals surface area (Å²) in [5, 5.41) is 0. The maximum absolute atomic E-state index is 11.8. The third-order valence-corrected chi connectivity index (χ3v) is 1.04. The molecule has 0 fully saturated rings. The summed E-state index contributed by atoms with van der Waals surface area (Å²) in [6.45, 7) is 0. The summed E-state index contributed by atoms with van der Waals surface area (Å²) >= 11 is 0. The summed E-state index contributed by atoms with van der Waals surface area (Å²) in [5.41, 5.74) is 0. The van der Waals surface area contributed by atoms with Gasteiger partial charge >= 0.3 is 19.3 Å². The topological polar surface area (TPSA) is 0 Å². The summed E-state index contributed by atoms with van der Waals surface area (Å²) in [4.78, 5) is 0. The molecule has 0 atom stereocenters. The molecule has 10 heteroatoms. The molecule has 0 spiro atoms. The first-order chi connectivity index (χ1) is 5.90. The second-order valence-electron chi connectivity index (χ2n) is 2.24. The van der Waals surface area contributed by atoms with E-state index < -0.39 is 31.5 Å². The molecule has 0 saturated carbocycles. The third-order valence-electron chi connectivity index (χ3n) is 1.04. The van der Waals surface area contributed by atoms with Crippen LogP contribution in [0.2, 0.25) is 0 Å². The molecule has 0 aromatic carbocycles. The molecule has 0 aromatic heterocycles. The Morgan fingerprint density at radius 3 is 1.36 bits per heavy atom. The fourth-order valence-electron chi connectivity index (χ4n) is 0.387. The van der Waals surface area contributed by atoms with Crippen molar-refractivity contribution in [1.82, 2.24) is 0 Å². The molecular formula is C4HBF9. The van der Waals surface area contributed by atoms with E-state index in [1.165, 1.54) is 0 Å². The van der Waals surface area contributed by atoms with E-state index in [0.717, 1.165) is 0 Å². The molecule has 0 nitrogen and oxygen atoms in total. The average molecular weight is 231 g/mol. The summed E-state index contributed by atoms with van der Waals surface area (Å²) in [6, 6.07) is 0. The Balaban J connectivity index is 4.67. The molecule has 0 saturated heterocycles. The lowest BCUT2D eigenvalue weighted by Gasteiger charge is -2.23. The molecule has 0 N–H and O–H groups in total. The number of halogens is 9. The van der Waals surface area contributed by atoms with Crippen molar-refractivity contribution in [3.63, 3.8) is 0 Å². The Bertz CT molecular complexity index is 193. The minimum absolute atomic E-state index is 2.01. The van der Waals surface area contributed by atoms with Crippen molar-refractivity contribution in [2.24, 2.45) is 0 Å². The molecule has 0 aliphatic carbocycles. The van der Waals surface area contributed by atoms with Crippen molar-refractivity contribution < 1.29 is 39.5 Å². The maximum Gasteiger partial charge on any atom is 0.443 e. The predicted octanol–water partition coefficient (Wildman–Crippen LogP) is 2.70. The van der Waals surface area contributed by atoms with Crippen LogP contribution in [0.15, 0.2) is 0 Å². The largest absolute Gasteiger partial charge is 0.443 e. The highest BCUT2D eigenvalue weighted by Crippen LogP contribution is 2.38. The molecule has 0 aromatic rings. The maximum atomic E-state index is 11.8. The van der Waals surface area contributed by atoms with Gasteiger partial charge in [0.25, 0.3) is 12.2 Å². The van der Waals surface area contributed by atoms with Gasteiger partial charge in [0.2, 0.25) is 0 Å². The third kappa shape index (κ3) is 2.98. The van der Waals surface area contributed by atoms with Crippen LogP contribution in [0.5, 0.6) is 0 Å². The minimum atomic E-state index is -6.31. The first-order valence-electron chi connectivity index (χ1n) is 2.88. The highest BCUT2D eigenvalue weighted by atomic mass is 19.4. The van der Waals surface area contributed by atoms with Gasteiger partial charge in [0.05, 0.1) is 0 Å². The van der Waals surface area contributed by atoms with Crippen molar-refractivity contribution in [2.45, 2.75) is 24.2 Å². The van der Waals surface area contributed by atoms with Crippen molar-refractivity contribution in [3.05, 3.63) is 0 Å². The fraction of sp³-hybridized carbons (Fsp3) is 1.00. The van der Waals surface area contributed by atoms with Crippen LogP contribution in [0, 0.1) is 0 Å². The molecular weight excluding hydrogens is 230 g/mol. The van der Waals surface area contributed by atoms with Gasteiger partial charge in [-0.1, -0.05) is 0 Å². The Kier molecular flexibility index (Phi) is 3.40. The molecule has 0 aliphatic heterocycles. The van der Waals surface area contributed by atoms with Gasteiger partial charge in [-0.2, -0.15) is 13.2 Å². The van der Waals surface area contributed by atoms with E-state index in [1.807, 2.05) is 0 Å². The fourth-order valence-corrected chi connectivity index (χ4v) is 0.387. The van der Waals surface area contributed by atoms with E-state index in [2.05, 4.69) is 0 Å². The molecule has 1 radical (unpaired) electrons. The van der Waals surface area contributed by atoms with Crippen LogP contribution in [0.1, 0.15) is 0 Å². The Hall–Kier alpha value is -0.565.